The van der Waals surface area contributed by atoms with Gasteiger partial charge in [-0.1, -0.05) is 0 Å². The van der Waals surface area contributed by atoms with Gasteiger partial charge in [0, 0.05) is 24.9 Å². The Morgan fingerprint density at radius 1 is 1.44 bits per heavy atom. The summed E-state index contributed by atoms with van der Waals surface area (Å²) in [6.07, 6.45) is 4.89. The van der Waals surface area contributed by atoms with Crippen molar-refractivity contribution in [3.8, 4) is 0 Å². The Morgan fingerprint density at radius 2 is 2.06 bits per heavy atom. The van der Waals surface area contributed by atoms with Crippen molar-refractivity contribution in [1.29, 1.82) is 0 Å². The smallest absolute Gasteiger partial charge is 0.319 e. The number of carbonyl (C=O) groups excluding carboxylic acids is 1. The number of nitrogens with zero attached hydrogens (tertiary/aromatic N) is 2. The van der Waals surface area contributed by atoms with Crippen LogP contribution in [0.4, 0.5) is 0 Å². The van der Waals surface area contributed by atoms with Gasteiger partial charge in [0.05, 0.1) is 0 Å². The summed E-state index contributed by atoms with van der Waals surface area (Å²) in [5.74, 6) is -1.27. The Labute approximate surface area is 104 Å². The number of hydrogen-bond acceptors (Lipinski definition) is 4. The minimum Gasteiger partial charge on any atom is -0.480 e. The summed E-state index contributed by atoms with van der Waals surface area (Å²) in [5.41, 5.74) is -1.52. The third-order valence-corrected chi connectivity index (χ3v) is 3.02. The maximum Gasteiger partial charge on any atom is 0.319 e. The molecule has 1 aliphatic carbocycles. The Morgan fingerprint density at radius 3 is 2.56 bits per heavy atom. The molecule has 0 aliphatic heterocycles. The molecule has 1 amide bonds. The standard InChI is InChI=1S/C12H15N3O3/c1-12(11(17)18,10(16)15-8-3-4-8)7-9-13-5-2-6-14-9/h2,5-6,8H,3-4,7H2,1H3,(H,15,16)(H,17,18). The monoisotopic (exact) mass is 249 g/mol. The average molecular weight is 249 g/mol. The molecule has 1 heterocycles. The van der Waals surface area contributed by atoms with E-state index in [4.69, 9.17) is 0 Å². The van der Waals surface area contributed by atoms with Gasteiger partial charge in [-0.2, -0.15) is 0 Å². The van der Waals surface area contributed by atoms with Crippen LogP contribution < -0.4 is 5.32 Å². The van der Waals surface area contributed by atoms with Crippen LogP contribution in [0.5, 0.6) is 0 Å². The van der Waals surface area contributed by atoms with E-state index < -0.39 is 17.3 Å². The molecule has 1 aliphatic rings. The van der Waals surface area contributed by atoms with E-state index in [0.29, 0.717) is 5.82 Å². The van der Waals surface area contributed by atoms with Gasteiger partial charge in [-0.05, 0) is 25.8 Å². The first kappa shape index (κ1) is 12.5. The van der Waals surface area contributed by atoms with E-state index in [1.807, 2.05) is 0 Å². The van der Waals surface area contributed by atoms with Crippen molar-refractivity contribution in [2.24, 2.45) is 5.41 Å². The average Bonchev–Trinajstić information content (AvgIpc) is 3.13. The minimum atomic E-state index is -1.52. The molecule has 1 atom stereocenters. The third-order valence-electron chi connectivity index (χ3n) is 3.02. The zero-order valence-electron chi connectivity index (χ0n) is 10.1. The molecular formula is C12H15N3O3. The molecule has 0 saturated heterocycles. The molecule has 6 heteroatoms. The zero-order valence-corrected chi connectivity index (χ0v) is 10.1. The first-order chi connectivity index (χ1) is 8.52. The normalized spacial score (nSPS) is 17.8. The van der Waals surface area contributed by atoms with Gasteiger partial charge in [0.15, 0.2) is 5.41 Å². The second kappa shape index (κ2) is 4.72. The number of aromatic nitrogens is 2. The van der Waals surface area contributed by atoms with Gasteiger partial charge in [-0.3, -0.25) is 9.59 Å². The Bertz CT molecular complexity index is 459. The fourth-order valence-corrected chi connectivity index (χ4v) is 1.56. The summed E-state index contributed by atoms with van der Waals surface area (Å²) >= 11 is 0. The van der Waals surface area contributed by atoms with Gasteiger partial charge in [0.2, 0.25) is 5.91 Å². The van der Waals surface area contributed by atoms with Crippen LogP contribution in [0.15, 0.2) is 18.5 Å². The number of carboxylic acid groups (broad SMARTS) is 1. The topological polar surface area (TPSA) is 92.2 Å². The molecule has 0 bridgehead atoms. The highest BCUT2D eigenvalue weighted by Crippen LogP contribution is 2.25. The molecule has 96 valence electrons. The first-order valence-corrected chi connectivity index (χ1v) is 5.82. The number of rotatable bonds is 5. The zero-order chi connectivity index (χ0) is 13.2. The lowest BCUT2D eigenvalue weighted by molar-refractivity contribution is -0.154. The van der Waals surface area contributed by atoms with Crippen LogP contribution in [0.25, 0.3) is 0 Å². The Balaban J connectivity index is 2.15. The van der Waals surface area contributed by atoms with Crippen molar-refractivity contribution in [3.05, 3.63) is 24.3 Å². The van der Waals surface area contributed by atoms with E-state index in [1.165, 1.54) is 19.3 Å². The van der Waals surface area contributed by atoms with Crippen molar-refractivity contribution in [3.63, 3.8) is 0 Å². The molecule has 2 N–H and O–H groups in total. The van der Waals surface area contributed by atoms with E-state index in [9.17, 15) is 14.7 Å². The van der Waals surface area contributed by atoms with Crippen LogP contribution >= 0.6 is 0 Å². The molecule has 1 aromatic heterocycles. The Hall–Kier alpha value is -1.98. The number of hydrogen-bond donors (Lipinski definition) is 2. The molecule has 1 saturated carbocycles. The van der Waals surface area contributed by atoms with Gasteiger partial charge >= 0.3 is 5.97 Å². The lowest BCUT2D eigenvalue weighted by Gasteiger charge is -2.22. The van der Waals surface area contributed by atoms with Gasteiger partial charge in [0.25, 0.3) is 0 Å². The van der Waals surface area contributed by atoms with Gasteiger partial charge < -0.3 is 10.4 Å². The van der Waals surface area contributed by atoms with Gasteiger partial charge in [-0.15, -0.1) is 0 Å². The highest BCUT2D eigenvalue weighted by atomic mass is 16.4. The van der Waals surface area contributed by atoms with Crippen molar-refractivity contribution in [2.75, 3.05) is 0 Å². The van der Waals surface area contributed by atoms with Crippen LogP contribution in [0.1, 0.15) is 25.6 Å². The van der Waals surface area contributed by atoms with Crippen LogP contribution in [0.3, 0.4) is 0 Å². The maximum absolute atomic E-state index is 12.0. The molecule has 1 fully saturated rings. The van der Waals surface area contributed by atoms with E-state index >= 15 is 0 Å². The molecule has 18 heavy (non-hydrogen) atoms. The number of nitrogens with one attached hydrogen (secondary N) is 1. The number of amides is 1. The molecule has 1 unspecified atom stereocenters. The minimum absolute atomic E-state index is 0.0122. The highest BCUT2D eigenvalue weighted by Gasteiger charge is 2.44. The van der Waals surface area contributed by atoms with Gasteiger partial charge in [-0.25, -0.2) is 9.97 Å². The summed E-state index contributed by atoms with van der Waals surface area (Å²) in [5, 5.41) is 12.0. The number of carbonyl (C=O) groups is 2. The number of carboxylic acids is 1. The quantitative estimate of drug-likeness (QED) is 0.736. The van der Waals surface area contributed by atoms with Crippen molar-refractivity contribution >= 4 is 11.9 Å². The predicted octanol–water partition coefficient (Wildman–Crippen LogP) is 0.389. The second-order valence-electron chi connectivity index (χ2n) is 4.73. The first-order valence-electron chi connectivity index (χ1n) is 5.82. The summed E-state index contributed by atoms with van der Waals surface area (Å²) in [7, 11) is 0. The van der Waals surface area contributed by atoms with Crippen LogP contribution in [-0.4, -0.2) is 33.0 Å². The SMILES string of the molecule is CC(Cc1ncccn1)(C(=O)O)C(=O)NC1CC1. The Kier molecular flexibility index (Phi) is 3.27. The van der Waals surface area contributed by atoms with E-state index in [2.05, 4.69) is 15.3 Å². The van der Waals surface area contributed by atoms with Crippen molar-refractivity contribution < 1.29 is 14.7 Å². The maximum atomic E-state index is 12.0. The predicted molar refractivity (Wildman–Crippen MR) is 62.6 cm³/mol. The highest BCUT2D eigenvalue weighted by molar-refractivity contribution is 6.01. The molecular weight excluding hydrogens is 234 g/mol. The van der Waals surface area contributed by atoms with Crippen LogP contribution in [-0.2, 0) is 16.0 Å². The van der Waals surface area contributed by atoms with Gasteiger partial charge in [0.1, 0.15) is 5.82 Å². The molecule has 1 aromatic rings. The summed E-state index contributed by atoms with van der Waals surface area (Å²) < 4.78 is 0. The molecule has 6 nitrogen and oxygen atoms in total. The third kappa shape index (κ3) is 2.64. The van der Waals surface area contributed by atoms with Crippen LogP contribution in [0, 0.1) is 5.41 Å². The fraction of sp³-hybridized carbons (Fsp3) is 0.500. The second-order valence-corrected chi connectivity index (χ2v) is 4.73. The summed E-state index contributed by atoms with van der Waals surface area (Å²) in [6, 6.07) is 1.78. The molecule has 0 aromatic carbocycles. The van der Waals surface area contributed by atoms with E-state index in [1.54, 1.807) is 6.07 Å². The van der Waals surface area contributed by atoms with Crippen LogP contribution in [0.2, 0.25) is 0 Å². The fourth-order valence-electron chi connectivity index (χ4n) is 1.56. The number of aliphatic carboxylic acids is 1. The van der Waals surface area contributed by atoms with E-state index in [-0.39, 0.29) is 12.5 Å². The molecule has 0 spiro atoms. The molecule has 0 radical (unpaired) electrons. The van der Waals surface area contributed by atoms with Crippen molar-refractivity contribution in [1.82, 2.24) is 15.3 Å². The summed E-state index contributed by atoms with van der Waals surface area (Å²) in [4.78, 5) is 31.3. The largest absolute Gasteiger partial charge is 0.480 e. The van der Waals surface area contributed by atoms with Crippen molar-refractivity contribution in [2.45, 2.75) is 32.2 Å². The summed E-state index contributed by atoms with van der Waals surface area (Å²) in [6.45, 7) is 1.41. The van der Waals surface area contributed by atoms with E-state index in [0.717, 1.165) is 12.8 Å². The lowest BCUT2D eigenvalue weighted by atomic mass is 9.85. The molecule has 2 rings (SSSR count). The lowest BCUT2D eigenvalue weighted by Crippen LogP contribution is -2.47.